The molecular weight excluding hydrogens is 385 g/mol. The average Bonchev–Trinajstić information content (AvgIpc) is 3.20. The molecule has 8 heteroatoms. The molecule has 0 saturated carbocycles. The lowest BCUT2D eigenvalue weighted by molar-refractivity contribution is -0.184. The van der Waals surface area contributed by atoms with Gasteiger partial charge in [-0.05, 0) is 24.5 Å². The molecular formula is C21H19F3N2O3. The number of nitrogens with zero attached hydrogens (tertiary/aromatic N) is 2. The van der Waals surface area contributed by atoms with E-state index >= 15 is 0 Å². The second-order valence-electron chi connectivity index (χ2n) is 6.84. The van der Waals surface area contributed by atoms with Crippen LogP contribution in [0.25, 0.3) is 0 Å². The second-order valence-corrected chi connectivity index (χ2v) is 6.84. The molecule has 2 atom stereocenters. The smallest absolute Gasteiger partial charge is 0.288 e. The zero-order valence-electron chi connectivity index (χ0n) is 15.4. The summed E-state index contributed by atoms with van der Waals surface area (Å²) in [6.45, 7) is 0.124. The maximum Gasteiger partial charge on any atom is 0.451 e. The molecule has 1 saturated heterocycles. The van der Waals surface area contributed by atoms with E-state index in [9.17, 15) is 27.6 Å². The molecule has 1 aliphatic heterocycles. The molecule has 1 aliphatic carbocycles. The minimum Gasteiger partial charge on any atom is -0.288 e. The molecule has 0 aromatic heterocycles. The molecule has 1 aromatic carbocycles. The Labute approximate surface area is 165 Å². The van der Waals surface area contributed by atoms with Crippen molar-refractivity contribution in [2.24, 2.45) is 5.92 Å². The predicted octanol–water partition coefficient (Wildman–Crippen LogP) is 3.03. The van der Waals surface area contributed by atoms with E-state index in [-0.39, 0.29) is 25.1 Å². The van der Waals surface area contributed by atoms with E-state index in [0.717, 1.165) is 0 Å². The number of allylic oxidation sites excluding steroid dienone is 3. The van der Waals surface area contributed by atoms with Crippen LogP contribution in [0.4, 0.5) is 13.2 Å². The molecule has 0 N–H and O–H groups in total. The van der Waals surface area contributed by atoms with Gasteiger partial charge in [-0.3, -0.25) is 14.6 Å². The third-order valence-electron chi connectivity index (χ3n) is 4.96. The summed E-state index contributed by atoms with van der Waals surface area (Å²) in [4.78, 5) is 36.5. The number of Topliss-reactive ketones (excluding diaryl/α,β-unsaturated/α-hetero) is 1. The van der Waals surface area contributed by atoms with Crippen molar-refractivity contribution in [3.63, 3.8) is 0 Å². The number of benzene rings is 1. The van der Waals surface area contributed by atoms with E-state index in [1.54, 1.807) is 48.4 Å². The van der Waals surface area contributed by atoms with E-state index in [4.69, 9.17) is 0 Å². The highest BCUT2D eigenvalue weighted by molar-refractivity contribution is 5.91. The monoisotopic (exact) mass is 404 g/mol. The van der Waals surface area contributed by atoms with Crippen LogP contribution in [0.15, 0.2) is 60.2 Å². The van der Waals surface area contributed by atoms with Crippen LogP contribution in [0, 0.1) is 5.92 Å². The summed E-state index contributed by atoms with van der Waals surface area (Å²) in [6.07, 6.45) is 1.48. The van der Waals surface area contributed by atoms with Crippen LogP contribution >= 0.6 is 0 Å². The maximum atomic E-state index is 13.3. The molecule has 2 unspecified atom stereocenters. The number of halogens is 3. The Hall–Kier alpha value is -2.96. The summed E-state index contributed by atoms with van der Waals surface area (Å²) in [7, 11) is 0. The number of rotatable bonds is 5. The molecule has 1 heterocycles. The van der Waals surface area contributed by atoms with Crippen molar-refractivity contribution in [2.75, 3.05) is 6.54 Å². The van der Waals surface area contributed by atoms with Gasteiger partial charge in [0, 0.05) is 6.54 Å². The van der Waals surface area contributed by atoms with Gasteiger partial charge in [0.15, 0.2) is 0 Å². The van der Waals surface area contributed by atoms with Crippen molar-refractivity contribution in [1.29, 1.82) is 0 Å². The van der Waals surface area contributed by atoms with Gasteiger partial charge in [0.1, 0.15) is 5.94 Å². The molecule has 5 nitrogen and oxygen atoms in total. The molecule has 0 spiro atoms. The summed E-state index contributed by atoms with van der Waals surface area (Å²) < 4.78 is 39.2. The zero-order valence-corrected chi connectivity index (χ0v) is 15.4. The number of hydrogen-bond donors (Lipinski definition) is 0. The van der Waals surface area contributed by atoms with Crippen LogP contribution in [0.3, 0.4) is 0 Å². The van der Waals surface area contributed by atoms with E-state index in [0.29, 0.717) is 12.0 Å². The summed E-state index contributed by atoms with van der Waals surface area (Å²) in [5.74, 6) is -1.69. The van der Waals surface area contributed by atoms with Crippen LogP contribution in [0.1, 0.15) is 18.4 Å². The SMILES string of the molecule is O=C=C1C=CC=CC1C(=O)N(Cc1ccccc1)N1CCCC1C(=O)C(F)(F)F. The topological polar surface area (TPSA) is 57.7 Å². The number of carbonyl (C=O) groups excluding carboxylic acids is 3. The Morgan fingerprint density at radius 3 is 2.55 bits per heavy atom. The van der Waals surface area contributed by atoms with E-state index in [2.05, 4.69) is 0 Å². The first kappa shape index (κ1) is 20.8. The largest absolute Gasteiger partial charge is 0.451 e. The normalized spacial score (nSPS) is 21.8. The van der Waals surface area contributed by atoms with Crippen molar-refractivity contribution in [1.82, 2.24) is 10.0 Å². The third kappa shape index (κ3) is 4.55. The minimum atomic E-state index is -4.99. The molecule has 29 heavy (non-hydrogen) atoms. The Morgan fingerprint density at radius 2 is 1.90 bits per heavy atom. The first-order valence-corrected chi connectivity index (χ1v) is 9.15. The lowest BCUT2D eigenvalue weighted by atomic mass is 9.94. The number of alkyl halides is 3. The highest BCUT2D eigenvalue weighted by Gasteiger charge is 2.49. The van der Waals surface area contributed by atoms with Crippen LogP contribution in [-0.2, 0) is 20.9 Å². The van der Waals surface area contributed by atoms with Crippen molar-refractivity contribution < 1.29 is 27.6 Å². The quantitative estimate of drug-likeness (QED) is 0.708. The minimum absolute atomic E-state index is 0.00764. The molecule has 1 aromatic rings. The van der Waals surface area contributed by atoms with Gasteiger partial charge in [-0.1, -0.05) is 48.6 Å². The van der Waals surface area contributed by atoms with Crippen LogP contribution in [0.5, 0.6) is 0 Å². The summed E-state index contributed by atoms with van der Waals surface area (Å²) >= 11 is 0. The van der Waals surface area contributed by atoms with Gasteiger partial charge < -0.3 is 0 Å². The third-order valence-corrected chi connectivity index (χ3v) is 4.96. The molecule has 1 amide bonds. The number of hydrogen-bond acceptors (Lipinski definition) is 4. The highest BCUT2D eigenvalue weighted by atomic mass is 19.4. The Kier molecular flexibility index (Phi) is 6.15. The van der Waals surface area contributed by atoms with Crippen molar-refractivity contribution in [2.45, 2.75) is 31.6 Å². The number of hydrazine groups is 1. The Morgan fingerprint density at radius 1 is 1.17 bits per heavy atom. The number of carbonyl (C=O) groups is 2. The van der Waals surface area contributed by atoms with Gasteiger partial charge in [-0.2, -0.15) is 13.2 Å². The molecule has 0 bridgehead atoms. The fourth-order valence-corrected chi connectivity index (χ4v) is 3.56. The lowest BCUT2D eigenvalue weighted by Gasteiger charge is -2.37. The lowest BCUT2D eigenvalue weighted by Crippen LogP contribution is -2.54. The standard InChI is InChI=1S/C21H19F3N2O3/c22-21(23,24)19(28)18-11-6-12-25(18)26(13-15-7-2-1-3-8-15)20(29)17-10-5-4-9-16(17)14-27/h1-5,7-10,17-18H,6,11-13H2. The van der Waals surface area contributed by atoms with Gasteiger partial charge in [-0.25, -0.2) is 9.80 Å². The van der Waals surface area contributed by atoms with Gasteiger partial charge in [-0.15, -0.1) is 0 Å². The first-order chi connectivity index (χ1) is 13.8. The second kappa shape index (κ2) is 8.59. The van der Waals surface area contributed by atoms with Gasteiger partial charge in [0.05, 0.1) is 24.1 Å². The van der Waals surface area contributed by atoms with Crippen LogP contribution < -0.4 is 0 Å². The fourth-order valence-electron chi connectivity index (χ4n) is 3.56. The molecule has 0 radical (unpaired) electrons. The predicted molar refractivity (Wildman–Crippen MR) is 98.8 cm³/mol. The van der Waals surface area contributed by atoms with Gasteiger partial charge in [0.2, 0.25) is 5.91 Å². The van der Waals surface area contributed by atoms with Crippen molar-refractivity contribution in [3.05, 3.63) is 65.8 Å². The van der Waals surface area contributed by atoms with Crippen LogP contribution in [0.2, 0.25) is 0 Å². The maximum absolute atomic E-state index is 13.3. The zero-order chi connectivity index (χ0) is 21.0. The molecule has 3 rings (SSSR count). The highest BCUT2D eigenvalue weighted by Crippen LogP contribution is 2.31. The van der Waals surface area contributed by atoms with Crippen molar-refractivity contribution in [3.8, 4) is 0 Å². The first-order valence-electron chi connectivity index (χ1n) is 9.15. The average molecular weight is 404 g/mol. The fraction of sp³-hybridized carbons (Fsp3) is 0.333. The van der Waals surface area contributed by atoms with Gasteiger partial charge in [0.25, 0.3) is 5.78 Å². The van der Waals surface area contributed by atoms with Crippen molar-refractivity contribution >= 4 is 17.6 Å². The number of amides is 1. The summed E-state index contributed by atoms with van der Waals surface area (Å²) in [5.41, 5.74) is 0.784. The van der Waals surface area contributed by atoms with E-state index in [1.165, 1.54) is 22.2 Å². The van der Waals surface area contributed by atoms with E-state index < -0.39 is 29.8 Å². The Bertz CT molecular complexity index is 886. The summed E-state index contributed by atoms with van der Waals surface area (Å²) in [6, 6.07) is 7.30. The number of ketones is 1. The summed E-state index contributed by atoms with van der Waals surface area (Å²) in [5, 5.41) is 2.36. The van der Waals surface area contributed by atoms with E-state index in [1.807, 2.05) is 0 Å². The molecule has 152 valence electrons. The molecule has 2 aliphatic rings. The van der Waals surface area contributed by atoms with Gasteiger partial charge >= 0.3 is 6.18 Å². The molecule has 1 fully saturated rings. The Balaban J connectivity index is 1.95. The van der Waals surface area contributed by atoms with Crippen LogP contribution in [-0.4, -0.2) is 46.4 Å².